The van der Waals surface area contributed by atoms with Crippen molar-refractivity contribution < 1.29 is 20.1 Å². The summed E-state index contributed by atoms with van der Waals surface area (Å²) in [5.41, 5.74) is 6.91. The molecular formula is C25H22IrN-. The van der Waals surface area contributed by atoms with Gasteiger partial charge in [-0.25, -0.2) is 0 Å². The van der Waals surface area contributed by atoms with E-state index in [-0.39, 0.29) is 25.5 Å². The van der Waals surface area contributed by atoms with Gasteiger partial charge in [0.1, 0.15) is 0 Å². The Hall–Kier alpha value is -2.28. The van der Waals surface area contributed by atoms with Crippen molar-refractivity contribution >= 4 is 10.9 Å². The van der Waals surface area contributed by atoms with Gasteiger partial charge >= 0.3 is 0 Å². The zero-order valence-electron chi connectivity index (χ0n) is 15.8. The van der Waals surface area contributed by atoms with Crippen molar-refractivity contribution in [1.82, 2.24) is 4.98 Å². The first kappa shape index (κ1) is 19.5. The van der Waals surface area contributed by atoms with Crippen LogP contribution in [0.4, 0.5) is 0 Å². The van der Waals surface area contributed by atoms with E-state index >= 15 is 0 Å². The van der Waals surface area contributed by atoms with Gasteiger partial charge in [-0.3, -0.25) is 4.98 Å². The Balaban J connectivity index is 0.00000210. The van der Waals surface area contributed by atoms with E-state index in [1.54, 1.807) is 0 Å². The number of para-hydroxylation sites is 1. The van der Waals surface area contributed by atoms with Crippen LogP contribution in [0.3, 0.4) is 0 Å². The average molecular weight is 529 g/mol. The van der Waals surface area contributed by atoms with Crippen molar-refractivity contribution in [1.29, 1.82) is 0 Å². The van der Waals surface area contributed by atoms with Crippen molar-refractivity contribution in [3.8, 4) is 22.4 Å². The normalized spacial score (nSPS) is 11.2. The number of nitrogens with zero attached hydrogens (tertiary/aromatic N) is 1. The first-order valence-electron chi connectivity index (χ1n) is 8.99. The zero-order valence-corrected chi connectivity index (χ0v) is 18.2. The fraction of sp³-hybridized carbons (Fsp3) is 0.160. The van der Waals surface area contributed by atoms with E-state index < -0.39 is 0 Å². The van der Waals surface area contributed by atoms with Crippen LogP contribution in [-0.2, 0) is 25.5 Å². The fourth-order valence-electron chi connectivity index (χ4n) is 3.17. The molecule has 0 unspecified atom stereocenters. The predicted molar refractivity (Wildman–Crippen MR) is 110 cm³/mol. The third-order valence-electron chi connectivity index (χ3n) is 4.76. The molecule has 0 saturated carbocycles. The molecule has 0 atom stereocenters. The number of pyridine rings is 1. The maximum Gasteiger partial charge on any atom is 0.0595 e. The Morgan fingerprint density at radius 1 is 0.778 bits per heavy atom. The minimum Gasteiger partial charge on any atom is -0.296 e. The van der Waals surface area contributed by atoms with Gasteiger partial charge in [0.2, 0.25) is 0 Å². The van der Waals surface area contributed by atoms with Gasteiger partial charge in [0.05, 0.1) is 5.52 Å². The summed E-state index contributed by atoms with van der Waals surface area (Å²) in [4.78, 5) is 4.80. The van der Waals surface area contributed by atoms with Crippen LogP contribution in [0.5, 0.6) is 0 Å². The molecule has 3 aromatic carbocycles. The Morgan fingerprint density at radius 2 is 1.52 bits per heavy atom. The van der Waals surface area contributed by atoms with E-state index in [1.165, 1.54) is 16.7 Å². The predicted octanol–water partition coefficient (Wildman–Crippen LogP) is 6.66. The molecule has 0 fully saturated rings. The van der Waals surface area contributed by atoms with Crippen LogP contribution in [0.25, 0.3) is 33.3 Å². The molecule has 0 N–H and O–H groups in total. The summed E-state index contributed by atoms with van der Waals surface area (Å²) in [6, 6.07) is 30.8. The van der Waals surface area contributed by atoms with E-state index in [4.69, 9.17) is 4.98 Å². The van der Waals surface area contributed by atoms with E-state index in [1.807, 2.05) is 24.3 Å². The van der Waals surface area contributed by atoms with Crippen molar-refractivity contribution in [2.24, 2.45) is 0 Å². The number of benzene rings is 3. The third-order valence-corrected chi connectivity index (χ3v) is 4.76. The molecule has 4 aromatic rings. The summed E-state index contributed by atoms with van der Waals surface area (Å²) in [7, 11) is 0. The monoisotopic (exact) mass is 529 g/mol. The van der Waals surface area contributed by atoms with Crippen LogP contribution in [0.2, 0.25) is 0 Å². The van der Waals surface area contributed by atoms with Crippen molar-refractivity contribution in [3.63, 3.8) is 0 Å². The molecule has 0 amide bonds. The van der Waals surface area contributed by atoms with E-state index in [2.05, 4.69) is 81.4 Å². The second-order valence-electron chi connectivity index (χ2n) is 7.71. The summed E-state index contributed by atoms with van der Waals surface area (Å²) >= 11 is 0. The molecular weight excluding hydrogens is 506 g/mol. The molecule has 1 heterocycles. The molecule has 2 heteroatoms. The first-order chi connectivity index (χ1) is 12.5. The molecule has 137 valence electrons. The molecule has 1 radical (unpaired) electrons. The average Bonchev–Trinajstić information content (AvgIpc) is 2.67. The van der Waals surface area contributed by atoms with Crippen LogP contribution in [0.1, 0.15) is 26.3 Å². The molecule has 0 bridgehead atoms. The molecule has 0 spiro atoms. The number of aromatic nitrogens is 1. The molecule has 27 heavy (non-hydrogen) atoms. The first-order valence-corrected chi connectivity index (χ1v) is 8.99. The van der Waals surface area contributed by atoms with Crippen LogP contribution in [-0.4, -0.2) is 4.98 Å². The SMILES string of the molecule is CC(C)(C)c1ccc(-c2cc[c-]c(-c3ccc4ccccc4n3)c2)cc1.[Ir]. The van der Waals surface area contributed by atoms with Gasteiger partial charge in [0.15, 0.2) is 0 Å². The molecule has 4 rings (SSSR count). The molecule has 0 aliphatic carbocycles. The fourth-order valence-corrected chi connectivity index (χ4v) is 3.17. The van der Waals surface area contributed by atoms with E-state index in [0.717, 1.165) is 22.2 Å². The van der Waals surface area contributed by atoms with Crippen LogP contribution in [0.15, 0.2) is 78.9 Å². The zero-order chi connectivity index (χ0) is 18.1. The van der Waals surface area contributed by atoms with Crippen LogP contribution in [0, 0.1) is 6.07 Å². The number of hydrogen-bond donors (Lipinski definition) is 0. The maximum atomic E-state index is 4.80. The minimum absolute atomic E-state index is 0. The third kappa shape index (κ3) is 4.18. The van der Waals surface area contributed by atoms with Gasteiger partial charge in [-0.2, -0.15) is 0 Å². The quantitative estimate of drug-likeness (QED) is 0.265. The summed E-state index contributed by atoms with van der Waals surface area (Å²) in [5, 5.41) is 1.16. The Labute approximate surface area is 174 Å². The van der Waals surface area contributed by atoms with Gasteiger partial charge in [0.25, 0.3) is 0 Å². The number of rotatable bonds is 2. The number of fused-ring (bicyclic) bond motifs is 1. The van der Waals surface area contributed by atoms with Gasteiger partial charge < -0.3 is 0 Å². The van der Waals surface area contributed by atoms with E-state index in [9.17, 15) is 0 Å². The molecule has 0 aliphatic heterocycles. The van der Waals surface area contributed by atoms with Crippen molar-refractivity contribution in [2.75, 3.05) is 0 Å². The molecule has 1 aromatic heterocycles. The van der Waals surface area contributed by atoms with Gasteiger partial charge in [-0.05, 0) is 33.7 Å². The summed E-state index contributed by atoms with van der Waals surface area (Å²) in [5.74, 6) is 0. The summed E-state index contributed by atoms with van der Waals surface area (Å²) < 4.78 is 0. The standard InChI is InChI=1S/C25H22N.Ir/c1-25(2,3)22-14-11-18(12-15-22)20-8-6-9-21(17-20)24-16-13-19-7-4-5-10-23(19)26-24;/h4-8,10-17H,1-3H3;/q-1;. The van der Waals surface area contributed by atoms with Gasteiger partial charge in [-0.1, -0.05) is 75.4 Å². The van der Waals surface area contributed by atoms with Crippen LogP contribution < -0.4 is 0 Å². The molecule has 0 aliphatic rings. The second-order valence-corrected chi connectivity index (χ2v) is 7.71. The Morgan fingerprint density at radius 3 is 2.26 bits per heavy atom. The smallest absolute Gasteiger partial charge is 0.0595 e. The van der Waals surface area contributed by atoms with E-state index in [0.29, 0.717) is 0 Å². The largest absolute Gasteiger partial charge is 0.296 e. The minimum atomic E-state index is 0. The molecule has 1 nitrogen and oxygen atoms in total. The van der Waals surface area contributed by atoms with Gasteiger partial charge in [-0.15, -0.1) is 35.4 Å². The second kappa shape index (κ2) is 7.76. The summed E-state index contributed by atoms with van der Waals surface area (Å²) in [6.07, 6.45) is 0. The topological polar surface area (TPSA) is 12.9 Å². The van der Waals surface area contributed by atoms with Crippen LogP contribution >= 0.6 is 0 Å². The van der Waals surface area contributed by atoms with Gasteiger partial charge in [0, 0.05) is 20.1 Å². The summed E-state index contributed by atoms with van der Waals surface area (Å²) in [6.45, 7) is 6.72. The Bertz CT molecular complexity index is 1060. The van der Waals surface area contributed by atoms with Crippen molar-refractivity contribution in [3.05, 3.63) is 90.5 Å². The maximum absolute atomic E-state index is 4.80. The molecule has 0 saturated heterocycles. The van der Waals surface area contributed by atoms with Crippen molar-refractivity contribution in [2.45, 2.75) is 26.2 Å². The Kier molecular flexibility index (Phi) is 5.60. The number of hydrogen-bond acceptors (Lipinski definition) is 1.